The highest BCUT2D eigenvalue weighted by Gasteiger charge is 2.38. The van der Waals surface area contributed by atoms with Gasteiger partial charge in [-0.3, -0.25) is 0 Å². The van der Waals surface area contributed by atoms with Crippen molar-refractivity contribution in [2.45, 2.75) is 19.3 Å². The second-order valence-corrected chi connectivity index (χ2v) is 8.91. The van der Waals surface area contributed by atoms with Crippen LogP contribution in [0.5, 0.6) is 0 Å². The van der Waals surface area contributed by atoms with Crippen molar-refractivity contribution in [3.05, 3.63) is 96.4 Å². The van der Waals surface area contributed by atoms with Crippen LogP contribution in [0.25, 0.3) is 49.7 Å². The molecule has 0 saturated carbocycles. The van der Waals surface area contributed by atoms with E-state index in [4.69, 9.17) is 4.42 Å². The van der Waals surface area contributed by atoms with Gasteiger partial charge in [0.2, 0.25) is 0 Å². The molecule has 0 saturated heterocycles. The number of aromatic nitrogens is 2. The van der Waals surface area contributed by atoms with E-state index in [9.17, 15) is 0 Å². The van der Waals surface area contributed by atoms with E-state index in [1.807, 2.05) is 6.07 Å². The number of oxazole rings is 1. The van der Waals surface area contributed by atoms with Crippen molar-refractivity contribution in [3.63, 3.8) is 0 Å². The van der Waals surface area contributed by atoms with E-state index in [-0.39, 0.29) is 5.41 Å². The molecule has 6 aromatic rings. The smallest absolute Gasteiger partial charge is 0.181 e. The summed E-state index contributed by atoms with van der Waals surface area (Å²) < 4.78 is 8.04. The molecule has 0 aliphatic heterocycles. The highest BCUT2D eigenvalue weighted by molar-refractivity contribution is 6.13. The molecule has 2 aromatic heterocycles. The van der Waals surface area contributed by atoms with Crippen molar-refractivity contribution in [2.24, 2.45) is 0 Å². The second-order valence-electron chi connectivity index (χ2n) is 8.91. The maximum Gasteiger partial charge on any atom is 0.181 e. The number of benzene rings is 4. The van der Waals surface area contributed by atoms with Crippen molar-refractivity contribution in [3.8, 4) is 16.8 Å². The van der Waals surface area contributed by atoms with Crippen LogP contribution in [0, 0.1) is 0 Å². The summed E-state index contributed by atoms with van der Waals surface area (Å²) in [6, 6.07) is 28.4. The molecule has 4 aromatic carbocycles. The Bertz CT molecular complexity index is 1670. The Morgan fingerprint density at radius 2 is 1.65 bits per heavy atom. The molecule has 148 valence electrons. The SMILES string of the molecule is CC1(C)c2ccccc2-c2ccc3c4ccccc4n(-c4ccc5ncoc5c4)c3c21. The van der Waals surface area contributed by atoms with Gasteiger partial charge >= 0.3 is 0 Å². The standard InChI is InChI=1S/C28H20N2O/c1-28(2)22-9-5-3-7-18(22)20-12-13-21-19-8-4-6-10-24(19)30(27(21)26(20)28)17-11-14-23-25(15-17)31-16-29-23/h3-16H,1-2H3. The Kier molecular flexibility index (Phi) is 3.07. The Morgan fingerprint density at radius 3 is 2.58 bits per heavy atom. The first kappa shape index (κ1) is 16.9. The quantitative estimate of drug-likeness (QED) is 0.291. The lowest BCUT2D eigenvalue weighted by Crippen LogP contribution is -2.16. The van der Waals surface area contributed by atoms with Crippen LogP contribution in [-0.4, -0.2) is 9.55 Å². The van der Waals surface area contributed by atoms with E-state index in [0.717, 1.165) is 16.8 Å². The van der Waals surface area contributed by atoms with E-state index in [2.05, 4.69) is 96.2 Å². The molecular formula is C28H20N2O. The lowest BCUT2D eigenvalue weighted by molar-refractivity contribution is 0.602. The van der Waals surface area contributed by atoms with Gasteiger partial charge in [0.05, 0.1) is 16.7 Å². The molecule has 1 aliphatic rings. The minimum Gasteiger partial charge on any atom is -0.443 e. The summed E-state index contributed by atoms with van der Waals surface area (Å²) in [5, 5.41) is 2.55. The number of fused-ring (bicyclic) bond motifs is 8. The van der Waals surface area contributed by atoms with Crippen LogP contribution in [0.3, 0.4) is 0 Å². The lowest BCUT2D eigenvalue weighted by Gasteiger charge is -2.23. The van der Waals surface area contributed by atoms with E-state index in [1.165, 1.54) is 50.5 Å². The zero-order valence-corrected chi connectivity index (χ0v) is 17.4. The third kappa shape index (κ3) is 2.05. The summed E-state index contributed by atoms with van der Waals surface area (Å²) in [6.07, 6.45) is 1.51. The van der Waals surface area contributed by atoms with E-state index in [0.29, 0.717) is 0 Å². The van der Waals surface area contributed by atoms with Gasteiger partial charge in [0, 0.05) is 22.3 Å². The molecule has 0 radical (unpaired) electrons. The highest BCUT2D eigenvalue weighted by Crippen LogP contribution is 2.52. The third-order valence-electron chi connectivity index (χ3n) is 6.93. The van der Waals surface area contributed by atoms with Crippen molar-refractivity contribution in [2.75, 3.05) is 0 Å². The number of hydrogen-bond acceptors (Lipinski definition) is 2. The molecule has 3 heteroatoms. The average Bonchev–Trinajstić information content (AvgIpc) is 3.45. The topological polar surface area (TPSA) is 31.0 Å². The van der Waals surface area contributed by atoms with Crippen molar-refractivity contribution < 1.29 is 4.42 Å². The fraction of sp³-hybridized carbons (Fsp3) is 0.107. The molecule has 0 unspecified atom stereocenters. The first-order chi connectivity index (χ1) is 15.1. The molecule has 0 spiro atoms. The largest absolute Gasteiger partial charge is 0.443 e. The van der Waals surface area contributed by atoms with Crippen LogP contribution in [-0.2, 0) is 5.41 Å². The van der Waals surface area contributed by atoms with Gasteiger partial charge in [-0.15, -0.1) is 0 Å². The average molecular weight is 400 g/mol. The van der Waals surface area contributed by atoms with Gasteiger partial charge in [0.1, 0.15) is 5.52 Å². The highest BCUT2D eigenvalue weighted by atomic mass is 16.3. The summed E-state index contributed by atoms with van der Waals surface area (Å²) in [4.78, 5) is 4.30. The number of nitrogens with zero attached hydrogens (tertiary/aromatic N) is 2. The maximum absolute atomic E-state index is 5.64. The molecule has 3 nitrogen and oxygen atoms in total. The number of rotatable bonds is 1. The first-order valence-corrected chi connectivity index (χ1v) is 10.6. The maximum atomic E-state index is 5.64. The monoisotopic (exact) mass is 400 g/mol. The summed E-state index contributed by atoms with van der Waals surface area (Å²) in [7, 11) is 0. The molecule has 31 heavy (non-hydrogen) atoms. The fourth-order valence-electron chi connectivity index (χ4n) is 5.56. The van der Waals surface area contributed by atoms with E-state index >= 15 is 0 Å². The Morgan fingerprint density at radius 1 is 0.806 bits per heavy atom. The van der Waals surface area contributed by atoms with Gasteiger partial charge in [-0.1, -0.05) is 68.4 Å². The molecule has 7 rings (SSSR count). The molecule has 0 atom stereocenters. The second kappa shape index (κ2) is 5.64. The molecule has 0 N–H and O–H groups in total. The van der Waals surface area contributed by atoms with Gasteiger partial charge in [0.15, 0.2) is 12.0 Å². The summed E-state index contributed by atoms with van der Waals surface area (Å²) in [5.41, 5.74) is 10.6. The normalized spacial score (nSPS) is 14.4. The Hall–Kier alpha value is -3.85. The minimum atomic E-state index is -0.0894. The van der Waals surface area contributed by atoms with E-state index in [1.54, 1.807) is 0 Å². The minimum absolute atomic E-state index is 0.0894. The lowest BCUT2D eigenvalue weighted by atomic mass is 9.81. The van der Waals surface area contributed by atoms with Crippen molar-refractivity contribution in [1.82, 2.24) is 9.55 Å². The first-order valence-electron chi connectivity index (χ1n) is 10.6. The predicted molar refractivity (Wildman–Crippen MR) is 126 cm³/mol. The van der Waals surface area contributed by atoms with Crippen LogP contribution in [0.2, 0.25) is 0 Å². The zero-order valence-electron chi connectivity index (χ0n) is 17.4. The molecule has 0 fully saturated rings. The molecule has 0 amide bonds. The molecule has 2 heterocycles. The Balaban J connectivity index is 1.69. The molecule has 0 bridgehead atoms. The summed E-state index contributed by atoms with van der Waals surface area (Å²) in [6.45, 7) is 4.69. The molecule has 1 aliphatic carbocycles. The van der Waals surface area contributed by atoms with Gasteiger partial charge < -0.3 is 8.98 Å². The fourth-order valence-corrected chi connectivity index (χ4v) is 5.56. The summed E-state index contributed by atoms with van der Waals surface area (Å²) in [5.74, 6) is 0. The zero-order chi connectivity index (χ0) is 20.7. The van der Waals surface area contributed by atoms with Crippen molar-refractivity contribution in [1.29, 1.82) is 0 Å². The van der Waals surface area contributed by atoms with Crippen LogP contribution in [0.4, 0.5) is 0 Å². The Labute approximate surface area is 179 Å². The van der Waals surface area contributed by atoms with Crippen LogP contribution < -0.4 is 0 Å². The van der Waals surface area contributed by atoms with Crippen LogP contribution in [0.15, 0.2) is 89.7 Å². The summed E-state index contributed by atoms with van der Waals surface area (Å²) >= 11 is 0. The van der Waals surface area contributed by atoms with Crippen LogP contribution in [0.1, 0.15) is 25.0 Å². The predicted octanol–water partition coefficient (Wildman–Crippen LogP) is 7.23. The van der Waals surface area contributed by atoms with Gasteiger partial charge in [0.25, 0.3) is 0 Å². The van der Waals surface area contributed by atoms with Gasteiger partial charge in [-0.2, -0.15) is 0 Å². The van der Waals surface area contributed by atoms with Crippen molar-refractivity contribution >= 4 is 32.9 Å². The van der Waals surface area contributed by atoms with Gasteiger partial charge in [-0.25, -0.2) is 4.98 Å². The van der Waals surface area contributed by atoms with Crippen LogP contribution >= 0.6 is 0 Å². The van der Waals surface area contributed by atoms with Gasteiger partial charge in [-0.05, 0) is 40.5 Å². The third-order valence-corrected chi connectivity index (χ3v) is 6.93. The number of hydrogen-bond donors (Lipinski definition) is 0. The van der Waals surface area contributed by atoms with E-state index < -0.39 is 0 Å². The number of para-hydroxylation sites is 1. The molecular weight excluding hydrogens is 380 g/mol.